The third-order valence-electron chi connectivity index (χ3n) is 3.49. The summed E-state index contributed by atoms with van der Waals surface area (Å²) in [5.41, 5.74) is 0. The fourth-order valence-corrected chi connectivity index (χ4v) is 1.96. The fraction of sp³-hybridized carbons (Fsp3) is 0.786. The van der Waals surface area contributed by atoms with Gasteiger partial charge in [-0.25, -0.2) is 4.79 Å². The Labute approximate surface area is 120 Å². The van der Waals surface area contributed by atoms with Gasteiger partial charge in [0.2, 0.25) is 11.8 Å². The average Bonchev–Trinajstić information content (AvgIpc) is 2.39. The highest BCUT2D eigenvalue weighted by Crippen LogP contribution is 2.15. The Kier molecular flexibility index (Phi) is 8.59. The molecule has 0 bridgehead atoms. The summed E-state index contributed by atoms with van der Waals surface area (Å²) in [5, 5.41) is 11.7. The van der Waals surface area contributed by atoms with Crippen LogP contribution in [-0.4, -0.2) is 46.9 Å². The second-order valence-corrected chi connectivity index (χ2v) is 4.97. The van der Waals surface area contributed by atoms with Crippen LogP contribution in [0.2, 0.25) is 0 Å². The van der Waals surface area contributed by atoms with Gasteiger partial charge in [-0.15, -0.1) is 0 Å². The summed E-state index contributed by atoms with van der Waals surface area (Å²) in [4.78, 5) is 35.5. The van der Waals surface area contributed by atoms with Crippen LogP contribution >= 0.6 is 0 Å². The van der Waals surface area contributed by atoms with E-state index in [-0.39, 0.29) is 30.8 Å². The molecule has 0 aliphatic carbocycles. The third kappa shape index (κ3) is 6.54. The van der Waals surface area contributed by atoms with E-state index >= 15 is 0 Å². The van der Waals surface area contributed by atoms with Gasteiger partial charge in [0.1, 0.15) is 6.04 Å². The van der Waals surface area contributed by atoms with Gasteiger partial charge in [-0.3, -0.25) is 9.59 Å². The molecular formula is C14H26N2O4. The van der Waals surface area contributed by atoms with Crippen molar-refractivity contribution in [3.63, 3.8) is 0 Å². The van der Waals surface area contributed by atoms with Crippen molar-refractivity contribution in [1.29, 1.82) is 0 Å². The molecule has 0 radical (unpaired) electrons. The third-order valence-corrected chi connectivity index (χ3v) is 3.49. The molecule has 0 saturated carbocycles. The van der Waals surface area contributed by atoms with Gasteiger partial charge >= 0.3 is 5.97 Å². The molecule has 0 aliphatic rings. The predicted molar refractivity (Wildman–Crippen MR) is 76.2 cm³/mol. The summed E-state index contributed by atoms with van der Waals surface area (Å²) >= 11 is 0. The monoisotopic (exact) mass is 286 g/mol. The Hall–Kier alpha value is -1.59. The summed E-state index contributed by atoms with van der Waals surface area (Å²) in [6, 6.07) is -0.884. The molecule has 0 spiro atoms. The van der Waals surface area contributed by atoms with Crippen LogP contribution in [0.4, 0.5) is 0 Å². The zero-order valence-electron chi connectivity index (χ0n) is 12.8. The van der Waals surface area contributed by atoms with E-state index in [0.29, 0.717) is 6.42 Å². The topological polar surface area (TPSA) is 86.7 Å². The van der Waals surface area contributed by atoms with Crippen molar-refractivity contribution in [2.24, 2.45) is 5.92 Å². The molecule has 0 aromatic carbocycles. The first-order valence-corrected chi connectivity index (χ1v) is 7.10. The van der Waals surface area contributed by atoms with Gasteiger partial charge in [-0.05, 0) is 12.8 Å². The summed E-state index contributed by atoms with van der Waals surface area (Å²) in [5.74, 6) is -1.13. The Morgan fingerprint density at radius 3 is 2.15 bits per heavy atom. The van der Waals surface area contributed by atoms with E-state index in [4.69, 9.17) is 5.11 Å². The molecule has 0 aromatic heterocycles. The Bertz CT molecular complexity index is 340. The van der Waals surface area contributed by atoms with Crippen LogP contribution in [-0.2, 0) is 14.4 Å². The van der Waals surface area contributed by atoms with Crippen LogP contribution in [0.15, 0.2) is 0 Å². The number of nitrogens with one attached hydrogen (secondary N) is 1. The molecule has 6 heteroatoms. The van der Waals surface area contributed by atoms with Crippen LogP contribution in [0.5, 0.6) is 0 Å². The van der Waals surface area contributed by atoms with Crippen molar-refractivity contribution in [3.05, 3.63) is 0 Å². The van der Waals surface area contributed by atoms with Crippen LogP contribution in [0.25, 0.3) is 0 Å². The average molecular weight is 286 g/mol. The summed E-state index contributed by atoms with van der Waals surface area (Å²) in [6.45, 7) is 7.39. The molecule has 1 unspecified atom stereocenters. The highest BCUT2D eigenvalue weighted by molar-refractivity contribution is 5.83. The van der Waals surface area contributed by atoms with E-state index in [2.05, 4.69) is 5.32 Å². The largest absolute Gasteiger partial charge is 0.480 e. The predicted octanol–water partition coefficient (Wildman–Crippen LogP) is 1.25. The lowest BCUT2D eigenvalue weighted by atomic mass is 9.98. The minimum Gasteiger partial charge on any atom is -0.480 e. The Morgan fingerprint density at radius 2 is 1.75 bits per heavy atom. The molecule has 20 heavy (non-hydrogen) atoms. The smallest absolute Gasteiger partial charge is 0.326 e. The molecule has 2 N–H and O–H groups in total. The normalized spacial score (nSPS) is 12.1. The highest BCUT2D eigenvalue weighted by atomic mass is 16.4. The minimum atomic E-state index is -1.04. The van der Waals surface area contributed by atoms with Crippen molar-refractivity contribution in [1.82, 2.24) is 10.2 Å². The first-order valence-electron chi connectivity index (χ1n) is 7.10. The van der Waals surface area contributed by atoms with Crippen molar-refractivity contribution < 1.29 is 19.5 Å². The molecule has 2 amide bonds. The number of hydrogen-bond acceptors (Lipinski definition) is 3. The molecular weight excluding hydrogens is 260 g/mol. The molecule has 6 nitrogen and oxygen atoms in total. The van der Waals surface area contributed by atoms with Gasteiger partial charge in [0.25, 0.3) is 0 Å². The Morgan fingerprint density at radius 1 is 1.20 bits per heavy atom. The van der Waals surface area contributed by atoms with E-state index < -0.39 is 12.0 Å². The number of aliphatic carboxylic acids is 1. The van der Waals surface area contributed by atoms with Gasteiger partial charge in [0.15, 0.2) is 0 Å². The van der Waals surface area contributed by atoms with E-state index in [1.54, 1.807) is 0 Å². The molecule has 0 aromatic rings. The van der Waals surface area contributed by atoms with Crippen molar-refractivity contribution in [2.45, 2.75) is 53.0 Å². The number of rotatable bonds is 9. The maximum Gasteiger partial charge on any atom is 0.326 e. The van der Waals surface area contributed by atoms with Crippen LogP contribution in [0.3, 0.4) is 0 Å². The maximum atomic E-state index is 12.2. The lowest BCUT2D eigenvalue weighted by molar-refractivity contribution is -0.149. The van der Waals surface area contributed by atoms with E-state index in [1.807, 2.05) is 13.8 Å². The molecule has 0 saturated heterocycles. The first kappa shape index (κ1) is 18.4. The van der Waals surface area contributed by atoms with Crippen LogP contribution in [0, 0.1) is 5.92 Å². The lowest BCUT2D eigenvalue weighted by Gasteiger charge is -2.28. The summed E-state index contributed by atoms with van der Waals surface area (Å²) in [6.07, 6.45) is 2.14. The molecule has 116 valence electrons. The molecule has 0 heterocycles. The van der Waals surface area contributed by atoms with Crippen molar-refractivity contribution in [3.8, 4) is 0 Å². The molecule has 0 rings (SSSR count). The number of nitrogens with zero attached hydrogens (tertiary/aromatic N) is 1. The van der Waals surface area contributed by atoms with Gasteiger partial charge in [0.05, 0.1) is 0 Å². The summed E-state index contributed by atoms with van der Waals surface area (Å²) in [7, 11) is 0. The number of carbonyl (C=O) groups excluding carboxylic acids is 2. The minimum absolute atomic E-state index is 0.168. The van der Waals surface area contributed by atoms with E-state index in [9.17, 15) is 14.4 Å². The number of hydrogen-bond donors (Lipinski definition) is 2. The van der Waals surface area contributed by atoms with Gasteiger partial charge < -0.3 is 15.3 Å². The molecule has 1 atom stereocenters. The zero-order valence-corrected chi connectivity index (χ0v) is 12.8. The van der Waals surface area contributed by atoms with E-state index in [1.165, 1.54) is 18.7 Å². The second-order valence-electron chi connectivity index (χ2n) is 4.97. The SMILES string of the molecule is CCC(CC)CC(=O)N(CCNC(C)=O)C(C)C(=O)O. The van der Waals surface area contributed by atoms with Gasteiger partial charge in [-0.1, -0.05) is 26.7 Å². The first-order chi connectivity index (χ1) is 9.33. The number of amides is 2. The zero-order chi connectivity index (χ0) is 15.7. The number of carboxylic acids is 1. The van der Waals surface area contributed by atoms with Crippen molar-refractivity contribution >= 4 is 17.8 Å². The lowest BCUT2D eigenvalue weighted by Crippen LogP contribution is -2.47. The summed E-state index contributed by atoms with van der Waals surface area (Å²) < 4.78 is 0. The number of carbonyl (C=O) groups is 3. The standard InChI is InChI=1S/C14H26N2O4/c1-5-12(6-2)9-13(18)16(10(3)14(19)20)8-7-15-11(4)17/h10,12H,5-9H2,1-4H3,(H,15,17)(H,19,20). The van der Waals surface area contributed by atoms with Crippen LogP contribution in [0.1, 0.15) is 47.0 Å². The second kappa shape index (κ2) is 9.34. The fourth-order valence-electron chi connectivity index (χ4n) is 1.96. The Balaban J connectivity index is 4.69. The maximum absolute atomic E-state index is 12.2. The number of carboxylic acid groups (broad SMARTS) is 1. The van der Waals surface area contributed by atoms with Crippen LogP contribution < -0.4 is 5.32 Å². The van der Waals surface area contributed by atoms with Gasteiger partial charge in [0, 0.05) is 26.4 Å². The molecule has 0 aliphatic heterocycles. The van der Waals surface area contributed by atoms with Crippen molar-refractivity contribution in [2.75, 3.05) is 13.1 Å². The highest BCUT2D eigenvalue weighted by Gasteiger charge is 2.26. The van der Waals surface area contributed by atoms with E-state index in [0.717, 1.165) is 12.8 Å². The molecule has 0 fully saturated rings. The van der Waals surface area contributed by atoms with Gasteiger partial charge in [-0.2, -0.15) is 0 Å². The quantitative estimate of drug-likeness (QED) is 0.668.